The van der Waals surface area contributed by atoms with Crippen LogP contribution in [0.1, 0.15) is 31.7 Å². The van der Waals surface area contributed by atoms with Crippen LogP contribution in [0.3, 0.4) is 0 Å². The highest BCUT2D eigenvalue weighted by molar-refractivity contribution is 6.30. The molecule has 3 rings (SSSR count). The highest BCUT2D eigenvalue weighted by atomic mass is 35.5. The molecule has 1 heterocycles. The van der Waals surface area contributed by atoms with Crippen molar-refractivity contribution in [3.63, 3.8) is 0 Å². The lowest BCUT2D eigenvalue weighted by molar-refractivity contribution is -0.136. The first-order valence-corrected chi connectivity index (χ1v) is 9.85. The van der Waals surface area contributed by atoms with Crippen molar-refractivity contribution in [2.75, 3.05) is 20.2 Å². The fourth-order valence-corrected chi connectivity index (χ4v) is 3.36. The molecule has 0 bridgehead atoms. The number of piperidine rings is 1. The largest absolute Gasteiger partial charge is 0.493 e. The van der Waals surface area contributed by atoms with Gasteiger partial charge in [0.2, 0.25) is 0 Å². The maximum absolute atomic E-state index is 12.4. The standard InChI is InChI=1S/C22H25ClN2O3/c1-16-5-3-4-12-25(16)15-22(26)28-20-11-6-17(13-21(20)27-2)14-24-19-9-7-18(23)8-10-19/h6-11,13-14,16H,3-5,12,15H2,1-2H3. The molecule has 1 fully saturated rings. The van der Waals surface area contributed by atoms with E-state index in [9.17, 15) is 4.79 Å². The predicted molar refractivity (Wildman–Crippen MR) is 112 cm³/mol. The van der Waals surface area contributed by atoms with Crippen molar-refractivity contribution in [2.24, 2.45) is 4.99 Å². The second kappa shape index (κ2) is 9.71. The number of aliphatic imine (C=N–C) groups is 1. The van der Waals surface area contributed by atoms with Crippen molar-refractivity contribution in [3.05, 3.63) is 53.1 Å². The van der Waals surface area contributed by atoms with E-state index in [4.69, 9.17) is 21.1 Å². The second-order valence-electron chi connectivity index (χ2n) is 6.93. The number of carbonyl (C=O) groups excluding carboxylic acids is 1. The number of nitrogens with zero attached hydrogens (tertiary/aromatic N) is 2. The molecule has 0 spiro atoms. The average Bonchev–Trinajstić information content (AvgIpc) is 2.70. The number of hydrogen-bond acceptors (Lipinski definition) is 5. The maximum Gasteiger partial charge on any atom is 0.325 e. The van der Waals surface area contributed by atoms with Gasteiger partial charge in [0.15, 0.2) is 11.5 Å². The summed E-state index contributed by atoms with van der Waals surface area (Å²) in [6.07, 6.45) is 5.20. The zero-order valence-corrected chi connectivity index (χ0v) is 17.0. The van der Waals surface area contributed by atoms with E-state index in [1.807, 2.05) is 18.2 Å². The molecule has 0 aromatic heterocycles. The third-order valence-corrected chi connectivity index (χ3v) is 5.13. The van der Waals surface area contributed by atoms with Crippen LogP contribution in [0.2, 0.25) is 5.02 Å². The lowest BCUT2D eigenvalue weighted by Gasteiger charge is -2.32. The smallest absolute Gasteiger partial charge is 0.325 e. The molecule has 2 aromatic carbocycles. The van der Waals surface area contributed by atoms with Crippen LogP contribution in [0.4, 0.5) is 5.69 Å². The molecule has 1 aliphatic rings. The fourth-order valence-electron chi connectivity index (χ4n) is 3.24. The number of hydrogen-bond donors (Lipinski definition) is 0. The number of carbonyl (C=O) groups is 1. The number of esters is 1. The van der Waals surface area contributed by atoms with Crippen molar-refractivity contribution < 1.29 is 14.3 Å². The molecular formula is C22H25ClN2O3. The number of likely N-dealkylation sites (tertiary alicyclic amines) is 1. The number of halogens is 1. The lowest BCUT2D eigenvalue weighted by Crippen LogP contribution is -2.41. The van der Waals surface area contributed by atoms with Crippen LogP contribution >= 0.6 is 11.6 Å². The fraction of sp³-hybridized carbons (Fsp3) is 0.364. The van der Waals surface area contributed by atoms with Gasteiger partial charge >= 0.3 is 5.97 Å². The number of ether oxygens (including phenoxy) is 2. The number of benzene rings is 2. The van der Waals surface area contributed by atoms with Gasteiger partial charge in [-0.05, 0) is 74.3 Å². The molecule has 148 valence electrons. The van der Waals surface area contributed by atoms with Crippen LogP contribution in [-0.2, 0) is 4.79 Å². The second-order valence-corrected chi connectivity index (χ2v) is 7.37. The Kier molecular flexibility index (Phi) is 7.06. The molecule has 2 aromatic rings. The molecule has 1 unspecified atom stereocenters. The van der Waals surface area contributed by atoms with Gasteiger partial charge < -0.3 is 9.47 Å². The Balaban J connectivity index is 1.65. The van der Waals surface area contributed by atoms with Gasteiger partial charge in [0.25, 0.3) is 0 Å². The first kappa shape index (κ1) is 20.4. The third-order valence-electron chi connectivity index (χ3n) is 4.87. The summed E-state index contributed by atoms with van der Waals surface area (Å²) in [5.41, 5.74) is 1.64. The first-order chi connectivity index (χ1) is 13.5. The van der Waals surface area contributed by atoms with Gasteiger partial charge in [-0.3, -0.25) is 14.7 Å². The minimum atomic E-state index is -0.269. The normalized spacial score (nSPS) is 17.6. The van der Waals surface area contributed by atoms with Crippen LogP contribution in [0, 0.1) is 0 Å². The minimum absolute atomic E-state index is 0.269. The minimum Gasteiger partial charge on any atom is -0.493 e. The summed E-state index contributed by atoms with van der Waals surface area (Å²) in [6, 6.07) is 13.1. The molecule has 0 aliphatic carbocycles. The zero-order chi connectivity index (χ0) is 19.9. The Morgan fingerprint density at radius 3 is 2.71 bits per heavy atom. The summed E-state index contributed by atoms with van der Waals surface area (Å²) in [4.78, 5) is 18.9. The highest BCUT2D eigenvalue weighted by Gasteiger charge is 2.22. The Morgan fingerprint density at radius 1 is 1.21 bits per heavy atom. The molecule has 1 atom stereocenters. The van der Waals surface area contributed by atoms with Crippen LogP contribution in [-0.4, -0.2) is 43.3 Å². The van der Waals surface area contributed by atoms with Gasteiger partial charge in [0.1, 0.15) is 0 Å². The Labute approximate surface area is 170 Å². The van der Waals surface area contributed by atoms with Gasteiger partial charge in [-0.1, -0.05) is 18.0 Å². The zero-order valence-electron chi connectivity index (χ0n) is 16.2. The van der Waals surface area contributed by atoms with Crippen molar-refractivity contribution >= 4 is 29.5 Å². The van der Waals surface area contributed by atoms with E-state index in [1.54, 1.807) is 37.6 Å². The predicted octanol–water partition coefficient (Wildman–Crippen LogP) is 4.88. The first-order valence-electron chi connectivity index (χ1n) is 9.47. The van der Waals surface area contributed by atoms with Crippen molar-refractivity contribution in [2.45, 2.75) is 32.2 Å². The SMILES string of the molecule is COc1cc(C=Nc2ccc(Cl)cc2)ccc1OC(=O)CN1CCCCC1C. The Morgan fingerprint density at radius 2 is 2.00 bits per heavy atom. The van der Waals surface area contributed by atoms with Crippen molar-refractivity contribution in [1.29, 1.82) is 0 Å². The van der Waals surface area contributed by atoms with E-state index < -0.39 is 0 Å². The molecule has 0 amide bonds. The summed E-state index contributed by atoms with van der Waals surface area (Å²) in [6.45, 7) is 3.39. The van der Waals surface area contributed by atoms with E-state index >= 15 is 0 Å². The van der Waals surface area contributed by atoms with Gasteiger partial charge in [0, 0.05) is 17.3 Å². The van der Waals surface area contributed by atoms with Crippen molar-refractivity contribution in [3.8, 4) is 11.5 Å². The summed E-state index contributed by atoms with van der Waals surface area (Å²) in [5.74, 6) is 0.649. The third kappa shape index (κ3) is 5.57. The molecule has 0 radical (unpaired) electrons. The molecule has 6 heteroatoms. The van der Waals surface area contributed by atoms with Gasteiger partial charge in [0.05, 0.1) is 19.3 Å². The van der Waals surface area contributed by atoms with Crippen molar-refractivity contribution in [1.82, 2.24) is 4.90 Å². The quantitative estimate of drug-likeness (QED) is 0.394. The van der Waals surface area contributed by atoms with Gasteiger partial charge in [-0.25, -0.2) is 0 Å². The van der Waals surface area contributed by atoms with Crippen LogP contribution in [0.15, 0.2) is 47.5 Å². The molecule has 0 N–H and O–H groups in total. The van der Waals surface area contributed by atoms with E-state index in [-0.39, 0.29) is 5.97 Å². The summed E-state index contributed by atoms with van der Waals surface area (Å²) >= 11 is 5.88. The van der Waals surface area contributed by atoms with E-state index in [1.165, 1.54) is 6.42 Å². The molecule has 1 aliphatic heterocycles. The Hall–Kier alpha value is -2.37. The summed E-state index contributed by atoms with van der Waals surface area (Å²) < 4.78 is 10.9. The number of methoxy groups -OCH3 is 1. The highest BCUT2D eigenvalue weighted by Crippen LogP contribution is 2.28. The molecular weight excluding hydrogens is 376 g/mol. The van der Waals surface area contributed by atoms with E-state index in [0.29, 0.717) is 29.1 Å². The average molecular weight is 401 g/mol. The topological polar surface area (TPSA) is 51.1 Å². The maximum atomic E-state index is 12.4. The summed E-state index contributed by atoms with van der Waals surface area (Å²) in [5, 5.41) is 0.672. The molecule has 1 saturated heterocycles. The van der Waals surface area contributed by atoms with Crippen LogP contribution < -0.4 is 9.47 Å². The molecule has 28 heavy (non-hydrogen) atoms. The number of rotatable bonds is 6. The molecule has 5 nitrogen and oxygen atoms in total. The van der Waals surface area contributed by atoms with Crippen LogP contribution in [0.25, 0.3) is 0 Å². The van der Waals surface area contributed by atoms with Gasteiger partial charge in [-0.15, -0.1) is 0 Å². The van der Waals surface area contributed by atoms with Gasteiger partial charge in [-0.2, -0.15) is 0 Å². The van der Waals surface area contributed by atoms with Crippen LogP contribution in [0.5, 0.6) is 11.5 Å². The van der Waals surface area contributed by atoms with E-state index in [0.717, 1.165) is 30.6 Å². The molecule has 0 saturated carbocycles. The Bertz CT molecular complexity index is 836. The summed E-state index contributed by atoms with van der Waals surface area (Å²) in [7, 11) is 1.56. The lowest BCUT2D eigenvalue weighted by atomic mass is 10.0. The van der Waals surface area contributed by atoms with E-state index in [2.05, 4.69) is 16.8 Å². The monoisotopic (exact) mass is 400 g/mol.